The Balaban J connectivity index is 3.34. The van der Waals surface area contributed by atoms with E-state index in [9.17, 15) is 4.79 Å². The van der Waals surface area contributed by atoms with Gasteiger partial charge in [0.2, 0.25) is 5.91 Å². The van der Waals surface area contributed by atoms with Crippen LogP contribution >= 0.6 is 0 Å². The highest BCUT2D eigenvalue weighted by Crippen LogP contribution is 2.00. The third-order valence-corrected chi connectivity index (χ3v) is 2.33. The molecule has 0 rings (SSSR count). The first-order chi connectivity index (χ1) is 8.26. The number of ether oxygens (including phenoxy) is 2. The summed E-state index contributed by atoms with van der Waals surface area (Å²) in [5.74, 6) is -0.691. The molecule has 5 nitrogen and oxygen atoms in total. The first-order valence-corrected chi connectivity index (χ1v) is 6.00. The molecule has 17 heavy (non-hydrogen) atoms. The minimum Gasteiger partial charge on any atom is -0.382 e. The SMILES string of the molecule is CCC(C#N)C(=O)NCCCCOCCOC. The zero-order chi connectivity index (χ0) is 12.9. The van der Waals surface area contributed by atoms with Crippen LogP contribution in [-0.2, 0) is 14.3 Å². The van der Waals surface area contributed by atoms with Crippen molar-refractivity contribution in [2.24, 2.45) is 5.92 Å². The number of carbonyl (C=O) groups excluding carboxylic acids is 1. The molecule has 0 aromatic heterocycles. The maximum Gasteiger partial charge on any atom is 0.237 e. The van der Waals surface area contributed by atoms with Gasteiger partial charge in [-0.2, -0.15) is 5.26 Å². The molecule has 1 atom stereocenters. The Hall–Kier alpha value is -1.12. The molecule has 0 saturated heterocycles. The average molecular weight is 242 g/mol. The fourth-order valence-corrected chi connectivity index (χ4v) is 1.24. The fourth-order valence-electron chi connectivity index (χ4n) is 1.24. The number of carbonyl (C=O) groups is 1. The summed E-state index contributed by atoms with van der Waals surface area (Å²) in [5, 5.41) is 11.4. The monoisotopic (exact) mass is 242 g/mol. The van der Waals surface area contributed by atoms with Gasteiger partial charge in [-0.25, -0.2) is 0 Å². The van der Waals surface area contributed by atoms with Crippen LogP contribution in [0.3, 0.4) is 0 Å². The average Bonchev–Trinajstić information content (AvgIpc) is 2.34. The van der Waals surface area contributed by atoms with Gasteiger partial charge in [0, 0.05) is 20.3 Å². The van der Waals surface area contributed by atoms with E-state index in [2.05, 4.69) is 5.32 Å². The molecular weight excluding hydrogens is 220 g/mol. The molecule has 0 aromatic rings. The van der Waals surface area contributed by atoms with Gasteiger partial charge in [0.1, 0.15) is 5.92 Å². The molecule has 0 spiro atoms. The summed E-state index contributed by atoms with van der Waals surface area (Å²) in [6, 6.07) is 1.98. The summed E-state index contributed by atoms with van der Waals surface area (Å²) in [4.78, 5) is 11.4. The molecule has 98 valence electrons. The number of unbranched alkanes of at least 4 members (excludes halogenated alkanes) is 1. The summed E-state index contributed by atoms with van der Waals surface area (Å²) in [7, 11) is 1.64. The van der Waals surface area contributed by atoms with E-state index >= 15 is 0 Å². The van der Waals surface area contributed by atoms with Crippen LogP contribution in [0, 0.1) is 17.2 Å². The van der Waals surface area contributed by atoms with E-state index in [1.807, 2.05) is 13.0 Å². The van der Waals surface area contributed by atoms with Gasteiger partial charge in [0.05, 0.1) is 19.3 Å². The number of nitrogens with zero attached hydrogens (tertiary/aromatic N) is 1. The zero-order valence-electron chi connectivity index (χ0n) is 10.7. The third-order valence-electron chi connectivity index (χ3n) is 2.33. The van der Waals surface area contributed by atoms with Crippen LogP contribution in [0.25, 0.3) is 0 Å². The molecule has 0 radical (unpaired) electrons. The molecule has 1 amide bonds. The molecular formula is C12H22N2O3. The number of methoxy groups -OCH3 is 1. The molecule has 5 heteroatoms. The Kier molecular flexibility index (Phi) is 10.6. The molecule has 0 saturated carbocycles. The second kappa shape index (κ2) is 11.4. The standard InChI is InChI=1S/C12H22N2O3/c1-3-11(10-13)12(15)14-6-4-5-7-17-9-8-16-2/h11H,3-9H2,1-2H3,(H,14,15). The molecule has 1 unspecified atom stereocenters. The summed E-state index contributed by atoms with van der Waals surface area (Å²) in [6.07, 6.45) is 2.32. The van der Waals surface area contributed by atoms with Crippen LogP contribution in [0.1, 0.15) is 26.2 Å². The van der Waals surface area contributed by atoms with Crippen LogP contribution in [0.2, 0.25) is 0 Å². The summed E-state index contributed by atoms with van der Waals surface area (Å²) in [6.45, 7) is 4.32. The number of nitrogens with one attached hydrogen (secondary N) is 1. The van der Waals surface area contributed by atoms with Gasteiger partial charge in [-0.1, -0.05) is 6.92 Å². The van der Waals surface area contributed by atoms with E-state index in [-0.39, 0.29) is 5.91 Å². The highest BCUT2D eigenvalue weighted by atomic mass is 16.5. The van der Waals surface area contributed by atoms with Crippen LogP contribution in [0.4, 0.5) is 0 Å². The number of amides is 1. The maximum absolute atomic E-state index is 11.4. The van der Waals surface area contributed by atoms with Crippen molar-refractivity contribution in [1.29, 1.82) is 5.26 Å². The highest BCUT2D eigenvalue weighted by Gasteiger charge is 2.13. The van der Waals surface area contributed by atoms with Crippen molar-refractivity contribution in [1.82, 2.24) is 5.32 Å². The predicted molar refractivity (Wildman–Crippen MR) is 64.3 cm³/mol. The Bertz CT molecular complexity index is 238. The minimum absolute atomic E-state index is 0.171. The molecule has 0 heterocycles. The fraction of sp³-hybridized carbons (Fsp3) is 0.833. The van der Waals surface area contributed by atoms with Crippen LogP contribution in [-0.4, -0.2) is 39.4 Å². The number of rotatable bonds is 10. The van der Waals surface area contributed by atoms with E-state index < -0.39 is 5.92 Å². The Morgan fingerprint density at radius 3 is 2.71 bits per heavy atom. The van der Waals surface area contributed by atoms with E-state index in [4.69, 9.17) is 14.7 Å². The van der Waals surface area contributed by atoms with Gasteiger partial charge in [-0.3, -0.25) is 4.79 Å². The molecule has 0 aliphatic rings. The topological polar surface area (TPSA) is 71.4 Å². The molecule has 0 aromatic carbocycles. The summed E-state index contributed by atoms with van der Waals surface area (Å²) < 4.78 is 10.1. The Labute approximate surface area is 103 Å². The Morgan fingerprint density at radius 2 is 2.12 bits per heavy atom. The zero-order valence-corrected chi connectivity index (χ0v) is 10.7. The lowest BCUT2D eigenvalue weighted by molar-refractivity contribution is -0.123. The van der Waals surface area contributed by atoms with Crippen molar-refractivity contribution >= 4 is 5.91 Å². The number of hydrogen-bond donors (Lipinski definition) is 1. The van der Waals surface area contributed by atoms with Gasteiger partial charge in [-0.15, -0.1) is 0 Å². The van der Waals surface area contributed by atoms with Crippen LogP contribution in [0.5, 0.6) is 0 Å². The van der Waals surface area contributed by atoms with Gasteiger partial charge in [-0.05, 0) is 19.3 Å². The van der Waals surface area contributed by atoms with E-state index in [0.29, 0.717) is 32.8 Å². The molecule has 1 N–H and O–H groups in total. The van der Waals surface area contributed by atoms with Gasteiger partial charge >= 0.3 is 0 Å². The quantitative estimate of drug-likeness (QED) is 0.582. The molecule has 0 fully saturated rings. The normalized spacial score (nSPS) is 11.8. The lowest BCUT2D eigenvalue weighted by Crippen LogP contribution is -2.30. The van der Waals surface area contributed by atoms with Gasteiger partial charge < -0.3 is 14.8 Å². The van der Waals surface area contributed by atoms with E-state index in [0.717, 1.165) is 12.8 Å². The van der Waals surface area contributed by atoms with Crippen molar-refractivity contribution in [3.63, 3.8) is 0 Å². The number of hydrogen-bond acceptors (Lipinski definition) is 4. The molecule has 0 aliphatic heterocycles. The predicted octanol–water partition coefficient (Wildman–Crippen LogP) is 1.10. The van der Waals surface area contributed by atoms with Crippen LogP contribution < -0.4 is 5.32 Å². The first kappa shape index (κ1) is 15.9. The number of nitriles is 1. The second-order valence-corrected chi connectivity index (χ2v) is 3.69. The van der Waals surface area contributed by atoms with Crippen LogP contribution in [0.15, 0.2) is 0 Å². The molecule has 0 bridgehead atoms. The van der Waals surface area contributed by atoms with Gasteiger partial charge in [0.15, 0.2) is 0 Å². The van der Waals surface area contributed by atoms with Crippen molar-refractivity contribution in [3.05, 3.63) is 0 Å². The third kappa shape index (κ3) is 8.66. The van der Waals surface area contributed by atoms with E-state index in [1.165, 1.54) is 0 Å². The lowest BCUT2D eigenvalue weighted by atomic mass is 10.1. The van der Waals surface area contributed by atoms with Crippen molar-refractivity contribution in [2.45, 2.75) is 26.2 Å². The summed E-state index contributed by atoms with van der Waals surface area (Å²) in [5.41, 5.74) is 0. The van der Waals surface area contributed by atoms with Crippen molar-refractivity contribution in [3.8, 4) is 6.07 Å². The lowest BCUT2D eigenvalue weighted by Gasteiger charge is -2.08. The Morgan fingerprint density at radius 1 is 1.35 bits per heavy atom. The smallest absolute Gasteiger partial charge is 0.237 e. The first-order valence-electron chi connectivity index (χ1n) is 6.00. The molecule has 0 aliphatic carbocycles. The summed E-state index contributed by atoms with van der Waals surface area (Å²) >= 11 is 0. The highest BCUT2D eigenvalue weighted by molar-refractivity contribution is 5.80. The van der Waals surface area contributed by atoms with Crippen molar-refractivity contribution < 1.29 is 14.3 Å². The van der Waals surface area contributed by atoms with Crippen molar-refractivity contribution in [2.75, 3.05) is 33.5 Å². The second-order valence-electron chi connectivity index (χ2n) is 3.69. The minimum atomic E-state index is -0.520. The van der Waals surface area contributed by atoms with Gasteiger partial charge in [0.25, 0.3) is 0 Å². The largest absolute Gasteiger partial charge is 0.382 e. The van der Waals surface area contributed by atoms with E-state index in [1.54, 1.807) is 7.11 Å². The maximum atomic E-state index is 11.4.